The topological polar surface area (TPSA) is 87.5 Å². The molecule has 0 atom stereocenters. The van der Waals surface area contributed by atoms with Gasteiger partial charge in [-0.05, 0) is 62.3 Å². The summed E-state index contributed by atoms with van der Waals surface area (Å²) in [6, 6.07) is 12.6. The SMILES string of the molecule is CNCCCCN(C(=O)O)c1cccc(Cn2nc(-c3cc(F)cc(F)c3)ccc2=O)c1. The van der Waals surface area contributed by atoms with E-state index in [0.29, 0.717) is 24.2 Å². The molecule has 0 bridgehead atoms. The van der Waals surface area contributed by atoms with Crippen molar-refractivity contribution in [1.29, 1.82) is 0 Å². The summed E-state index contributed by atoms with van der Waals surface area (Å²) in [7, 11) is 1.84. The van der Waals surface area contributed by atoms with Crippen LogP contribution in [0.15, 0.2) is 59.4 Å². The highest BCUT2D eigenvalue weighted by Gasteiger charge is 2.15. The Balaban J connectivity index is 1.84. The second-order valence-electron chi connectivity index (χ2n) is 7.29. The van der Waals surface area contributed by atoms with Crippen molar-refractivity contribution < 1.29 is 18.7 Å². The number of benzene rings is 2. The van der Waals surface area contributed by atoms with E-state index in [9.17, 15) is 23.5 Å². The molecule has 0 fully saturated rings. The van der Waals surface area contributed by atoms with E-state index in [1.54, 1.807) is 24.3 Å². The highest BCUT2D eigenvalue weighted by atomic mass is 19.1. The summed E-state index contributed by atoms with van der Waals surface area (Å²) in [5.74, 6) is -1.48. The lowest BCUT2D eigenvalue weighted by molar-refractivity contribution is 0.201. The average molecular weight is 442 g/mol. The Kier molecular flexibility index (Phi) is 7.67. The van der Waals surface area contributed by atoms with Gasteiger partial charge in [0, 0.05) is 29.9 Å². The first kappa shape index (κ1) is 23.1. The molecule has 1 heterocycles. The van der Waals surface area contributed by atoms with Gasteiger partial charge in [0.15, 0.2) is 0 Å². The first-order chi connectivity index (χ1) is 15.4. The minimum atomic E-state index is -1.06. The van der Waals surface area contributed by atoms with Gasteiger partial charge in [0.2, 0.25) is 0 Å². The fourth-order valence-electron chi connectivity index (χ4n) is 3.32. The molecule has 3 rings (SSSR count). The molecule has 0 aliphatic heterocycles. The fraction of sp³-hybridized carbons (Fsp3) is 0.261. The second-order valence-corrected chi connectivity index (χ2v) is 7.29. The standard InChI is InChI=1S/C23H24F2N4O3/c1-26-9-2-3-10-28(23(31)32)20-6-4-5-16(11-20)15-29-22(30)8-7-21(27-29)17-12-18(24)14-19(25)13-17/h4-8,11-14,26H,2-3,9-10,15H2,1H3,(H,31,32). The number of rotatable bonds is 9. The number of halogens is 2. The molecule has 2 N–H and O–H groups in total. The van der Waals surface area contributed by atoms with Crippen LogP contribution in [0.1, 0.15) is 18.4 Å². The molecule has 0 aliphatic carbocycles. The molecular weight excluding hydrogens is 418 g/mol. The zero-order chi connectivity index (χ0) is 23.1. The van der Waals surface area contributed by atoms with Crippen LogP contribution in [-0.2, 0) is 6.54 Å². The van der Waals surface area contributed by atoms with Crippen LogP contribution in [0.4, 0.5) is 19.3 Å². The van der Waals surface area contributed by atoms with E-state index in [2.05, 4.69) is 10.4 Å². The summed E-state index contributed by atoms with van der Waals surface area (Å²) in [6.07, 6.45) is 0.481. The van der Waals surface area contributed by atoms with Gasteiger partial charge >= 0.3 is 6.09 Å². The maximum atomic E-state index is 13.6. The Bertz CT molecular complexity index is 1130. The molecule has 2 aromatic carbocycles. The summed E-state index contributed by atoms with van der Waals surface area (Å²) in [5, 5.41) is 16.9. The van der Waals surface area contributed by atoms with Crippen molar-refractivity contribution in [2.24, 2.45) is 0 Å². The van der Waals surface area contributed by atoms with Gasteiger partial charge in [-0.25, -0.2) is 18.3 Å². The third kappa shape index (κ3) is 5.98. The van der Waals surface area contributed by atoms with Crippen molar-refractivity contribution in [3.05, 3.63) is 82.1 Å². The molecule has 32 heavy (non-hydrogen) atoms. The lowest BCUT2D eigenvalue weighted by Gasteiger charge is -2.20. The van der Waals surface area contributed by atoms with Gasteiger partial charge in [-0.1, -0.05) is 12.1 Å². The van der Waals surface area contributed by atoms with Crippen LogP contribution in [0.25, 0.3) is 11.3 Å². The van der Waals surface area contributed by atoms with Crippen molar-refractivity contribution in [2.45, 2.75) is 19.4 Å². The van der Waals surface area contributed by atoms with Gasteiger partial charge < -0.3 is 10.4 Å². The van der Waals surface area contributed by atoms with E-state index in [4.69, 9.17) is 0 Å². The predicted molar refractivity (Wildman–Crippen MR) is 118 cm³/mol. The molecule has 168 valence electrons. The lowest BCUT2D eigenvalue weighted by atomic mass is 10.1. The van der Waals surface area contributed by atoms with Crippen LogP contribution in [0.2, 0.25) is 0 Å². The van der Waals surface area contributed by atoms with Gasteiger partial charge in [0.05, 0.1) is 12.2 Å². The normalized spacial score (nSPS) is 10.8. The number of aromatic nitrogens is 2. The molecule has 0 spiro atoms. The van der Waals surface area contributed by atoms with Gasteiger partial charge in [0.1, 0.15) is 11.6 Å². The zero-order valence-electron chi connectivity index (χ0n) is 17.6. The molecule has 0 unspecified atom stereocenters. The van der Waals surface area contributed by atoms with Crippen LogP contribution in [0, 0.1) is 11.6 Å². The summed E-state index contributed by atoms with van der Waals surface area (Å²) in [6.45, 7) is 1.22. The largest absolute Gasteiger partial charge is 0.465 e. The Labute approximate surface area is 183 Å². The van der Waals surface area contributed by atoms with Crippen LogP contribution < -0.4 is 15.8 Å². The zero-order valence-corrected chi connectivity index (χ0v) is 17.6. The van der Waals surface area contributed by atoms with Gasteiger partial charge in [0.25, 0.3) is 5.56 Å². The van der Waals surface area contributed by atoms with E-state index in [-0.39, 0.29) is 17.8 Å². The average Bonchev–Trinajstić information content (AvgIpc) is 2.74. The number of hydrogen-bond donors (Lipinski definition) is 2. The number of nitrogens with one attached hydrogen (secondary N) is 1. The second kappa shape index (κ2) is 10.6. The summed E-state index contributed by atoms with van der Waals surface area (Å²) >= 11 is 0. The number of carbonyl (C=O) groups is 1. The number of unbranched alkanes of at least 4 members (excludes halogenated alkanes) is 1. The highest BCUT2D eigenvalue weighted by molar-refractivity contribution is 5.86. The van der Waals surface area contributed by atoms with E-state index in [1.807, 2.05) is 7.05 Å². The Morgan fingerprint density at radius 3 is 2.53 bits per heavy atom. The highest BCUT2D eigenvalue weighted by Crippen LogP contribution is 2.20. The molecule has 0 aliphatic rings. The smallest absolute Gasteiger partial charge is 0.411 e. The van der Waals surface area contributed by atoms with Crippen molar-refractivity contribution in [3.8, 4) is 11.3 Å². The Morgan fingerprint density at radius 1 is 1.09 bits per heavy atom. The molecule has 0 saturated heterocycles. The quantitative estimate of drug-likeness (QED) is 0.493. The van der Waals surface area contributed by atoms with E-state index < -0.39 is 23.3 Å². The van der Waals surface area contributed by atoms with Crippen molar-refractivity contribution >= 4 is 11.8 Å². The molecule has 0 radical (unpaired) electrons. The third-order valence-corrected chi connectivity index (χ3v) is 4.87. The number of hydrogen-bond acceptors (Lipinski definition) is 4. The van der Waals surface area contributed by atoms with Gasteiger partial charge in [-0.3, -0.25) is 9.69 Å². The molecule has 1 amide bonds. The Morgan fingerprint density at radius 2 is 1.84 bits per heavy atom. The molecule has 7 nitrogen and oxygen atoms in total. The summed E-state index contributed by atoms with van der Waals surface area (Å²) < 4.78 is 28.3. The first-order valence-electron chi connectivity index (χ1n) is 10.2. The molecule has 0 saturated carbocycles. The first-order valence-corrected chi connectivity index (χ1v) is 10.2. The van der Waals surface area contributed by atoms with Crippen molar-refractivity contribution in [1.82, 2.24) is 15.1 Å². The van der Waals surface area contributed by atoms with Crippen LogP contribution >= 0.6 is 0 Å². The predicted octanol–water partition coefficient (Wildman–Crippen LogP) is 3.72. The summed E-state index contributed by atoms with van der Waals surface area (Å²) in [4.78, 5) is 25.3. The number of anilines is 1. The molecule has 9 heteroatoms. The third-order valence-electron chi connectivity index (χ3n) is 4.87. The van der Waals surface area contributed by atoms with Crippen molar-refractivity contribution in [2.75, 3.05) is 25.0 Å². The number of amides is 1. The Hall–Kier alpha value is -3.59. The van der Waals surface area contributed by atoms with Gasteiger partial charge in [-0.2, -0.15) is 5.10 Å². The lowest BCUT2D eigenvalue weighted by Crippen LogP contribution is -2.31. The minimum Gasteiger partial charge on any atom is -0.465 e. The molecular formula is C23H24F2N4O3. The van der Waals surface area contributed by atoms with Crippen LogP contribution in [0.5, 0.6) is 0 Å². The monoisotopic (exact) mass is 442 g/mol. The molecule has 1 aromatic heterocycles. The fourth-order valence-corrected chi connectivity index (χ4v) is 3.32. The minimum absolute atomic E-state index is 0.0749. The maximum absolute atomic E-state index is 13.6. The van der Waals surface area contributed by atoms with E-state index in [0.717, 1.165) is 31.2 Å². The number of nitrogens with zero attached hydrogens (tertiary/aromatic N) is 3. The van der Waals surface area contributed by atoms with E-state index in [1.165, 1.54) is 21.7 Å². The number of carboxylic acid groups (broad SMARTS) is 1. The molecule has 3 aromatic rings. The van der Waals surface area contributed by atoms with Crippen molar-refractivity contribution in [3.63, 3.8) is 0 Å². The van der Waals surface area contributed by atoms with Crippen LogP contribution in [0.3, 0.4) is 0 Å². The van der Waals surface area contributed by atoms with Crippen LogP contribution in [-0.4, -0.2) is 41.1 Å². The van der Waals surface area contributed by atoms with E-state index >= 15 is 0 Å². The van der Waals surface area contributed by atoms with Gasteiger partial charge in [-0.15, -0.1) is 0 Å². The summed E-state index contributed by atoms with van der Waals surface area (Å²) in [5.41, 5.74) is 1.23. The maximum Gasteiger partial charge on any atom is 0.411 e.